The molecule has 0 atom stereocenters. The molecule has 0 radical (unpaired) electrons. The first-order chi connectivity index (χ1) is 12.0. The summed E-state index contributed by atoms with van der Waals surface area (Å²) in [5.74, 6) is -0.403. The number of carbonyl (C=O) groups is 1. The lowest BCUT2D eigenvalue weighted by atomic mass is 10.1. The lowest BCUT2D eigenvalue weighted by Gasteiger charge is -2.10. The third-order valence-corrected chi connectivity index (χ3v) is 4.26. The smallest absolute Gasteiger partial charge is 0.267 e. The van der Waals surface area contributed by atoms with Crippen molar-refractivity contribution in [2.75, 3.05) is 11.9 Å². The topological polar surface area (TPSA) is 64.9 Å². The Labute approximate surface area is 149 Å². The molecule has 0 aliphatic heterocycles. The number of aryl methyl sites for hydroxylation is 2. The highest BCUT2D eigenvalue weighted by molar-refractivity contribution is 6.06. The van der Waals surface area contributed by atoms with Crippen LogP contribution in [0.4, 0.5) is 5.69 Å². The maximum atomic E-state index is 12.3. The summed E-state index contributed by atoms with van der Waals surface area (Å²) in [7, 11) is 0. The standard InChI is InChI=1S/C21H23N3O/c1-15-8-6-10-20(17(15)3)24-21(25)19(13-22)14-23-12-11-18-9-5-4-7-16(18)2/h4-10,14,23H,11-12H2,1-3H3,(H,24,25)/b19-14-. The summed E-state index contributed by atoms with van der Waals surface area (Å²) in [5.41, 5.74) is 5.37. The lowest BCUT2D eigenvalue weighted by Crippen LogP contribution is -2.18. The van der Waals surface area contributed by atoms with Gasteiger partial charge in [0.05, 0.1) is 0 Å². The molecule has 0 aliphatic carbocycles. The summed E-state index contributed by atoms with van der Waals surface area (Å²) in [6, 6.07) is 15.8. The zero-order valence-electron chi connectivity index (χ0n) is 14.9. The van der Waals surface area contributed by atoms with Crippen molar-refractivity contribution in [2.45, 2.75) is 27.2 Å². The van der Waals surface area contributed by atoms with Gasteiger partial charge in [-0.1, -0.05) is 36.4 Å². The van der Waals surface area contributed by atoms with Crippen molar-refractivity contribution in [3.05, 3.63) is 76.5 Å². The van der Waals surface area contributed by atoms with Crippen molar-refractivity contribution in [3.63, 3.8) is 0 Å². The van der Waals surface area contributed by atoms with Crippen LogP contribution in [0.1, 0.15) is 22.3 Å². The minimum Gasteiger partial charge on any atom is -0.389 e. The van der Waals surface area contributed by atoms with Crippen LogP contribution >= 0.6 is 0 Å². The molecule has 25 heavy (non-hydrogen) atoms. The minimum atomic E-state index is -0.403. The van der Waals surface area contributed by atoms with Gasteiger partial charge in [0.2, 0.25) is 0 Å². The van der Waals surface area contributed by atoms with Crippen LogP contribution in [0.5, 0.6) is 0 Å². The van der Waals surface area contributed by atoms with Gasteiger partial charge in [0.1, 0.15) is 11.6 Å². The summed E-state index contributed by atoms with van der Waals surface area (Å²) >= 11 is 0. The van der Waals surface area contributed by atoms with Crippen LogP contribution in [0.25, 0.3) is 0 Å². The molecule has 0 saturated heterocycles. The second-order valence-electron chi connectivity index (χ2n) is 6.00. The Hall–Kier alpha value is -3.06. The second-order valence-corrected chi connectivity index (χ2v) is 6.00. The lowest BCUT2D eigenvalue weighted by molar-refractivity contribution is -0.112. The van der Waals surface area contributed by atoms with Gasteiger partial charge in [-0.3, -0.25) is 4.79 Å². The monoisotopic (exact) mass is 333 g/mol. The Balaban J connectivity index is 1.95. The van der Waals surface area contributed by atoms with Gasteiger partial charge in [-0.2, -0.15) is 5.26 Å². The van der Waals surface area contributed by atoms with Gasteiger partial charge >= 0.3 is 0 Å². The normalized spacial score (nSPS) is 10.9. The molecule has 0 aliphatic rings. The molecule has 2 aromatic rings. The van der Waals surface area contributed by atoms with Crippen LogP contribution in [0.2, 0.25) is 0 Å². The Morgan fingerprint density at radius 2 is 1.80 bits per heavy atom. The number of anilines is 1. The number of nitriles is 1. The fourth-order valence-electron chi connectivity index (χ4n) is 2.50. The third-order valence-electron chi connectivity index (χ3n) is 4.26. The van der Waals surface area contributed by atoms with Crippen LogP contribution in [0.15, 0.2) is 54.2 Å². The molecule has 0 aromatic heterocycles. The van der Waals surface area contributed by atoms with Gasteiger partial charge in [-0.15, -0.1) is 0 Å². The minimum absolute atomic E-state index is 0.0608. The van der Waals surface area contributed by atoms with E-state index in [4.69, 9.17) is 0 Å². The molecule has 2 aromatic carbocycles. The molecule has 1 amide bonds. The summed E-state index contributed by atoms with van der Waals surface area (Å²) in [4.78, 5) is 12.3. The van der Waals surface area contributed by atoms with E-state index < -0.39 is 5.91 Å². The van der Waals surface area contributed by atoms with Crippen LogP contribution in [0.3, 0.4) is 0 Å². The summed E-state index contributed by atoms with van der Waals surface area (Å²) in [6.07, 6.45) is 2.32. The quantitative estimate of drug-likeness (QED) is 0.480. The number of rotatable bonds is 6. The van der Waals surface area contributed by atoms with Gasteiger partial charge in [-0.05, 0) is 55.5 Å². The molecule has 0 bridgehead atoms. The number of benzene rings is 2. The van der Waals surface area contributed by atoms with E-state index in [2.05, 4.69) is 29.7 Å². The first-order valence-corrected chi connectivity index (χ1v) is 8.28. The summed E-state index contributed by atoms with van der Waals surface area (Å²) in [5, 5.41) is 15.1. The van der Waals surface area contributed by atoms with Crippen molar-refractivity contribution in [1.29, 1.82) is 5.26 Å². The zero-order chi connectivity index (χ0) is 18.2. The van der Waals surface area contributed by atoms with Crippen LogP contribution < -0.4 is 10.6 Å². The van der Waals surface area contributed by atoms with E-state index >= 15 is 0 Å². The van der Waals surface area contributed by atoms with E-state index in [-0.39, 0.29) is 5.57 Å². The molecule has 4 nitrogen and oxygen atoms in total. The van der Waals surface area contributed by atoms with E-state index in [1.54, 1.807) is 0 Å². The van der Waals surface area contributed by atoms with Crippen molar-refractivity contribution in [3.8, 4) is 6.07 Å². The molecule has 0 unspecified atom stereocenters. The first kappa shape index (κ1) is 18.3. The van der Waals surface area contributed by atoms with E-state index in [0.29, 0.717) is 6.54 Å². The van der Waals surface area contributed by atoms with Crippen molar-refractivity contribution < 1.29 is 4.79 Å². The van der Waals surface area contributed by atoms with Crippen LogP contribution in [-0.2, 0) is 11.2 Å². The predicted octanol–water partition coefficient (Wildman–Crippen LogP) is 3.79. The van der Waals surface area contributed by atoms with E-state index in [9.17, 15) is 10.1 Å². The maximum absolute atomic E-state index is 12.3. The Kier molecular flexibility index (Phi) is 6.36. The van der Waals surface area contributed by atoms with Gasteiger partial charge in [0, 0.05) is 18.4 Å². The third kappa shape index (κ3) is 4.95. The highest BCUT2D eigenvalue weighted by Gasteiger charge is 2.11. The fourth-order valence-corrected chi connectivity index (χ4v) is 2.50. The Morgan fingerprint density at radius 1 is 1.08 bits per heavy atom. The highest BCUT2D eigenvalue weighted by Crippen LogP contribution is 2.18. The molecule has 2 N–H and O–H groups in total. The molecule has 4 heteroatoms. The van der Waals surface area contributed by atoms with Gasteiger partial charge in [0.25, 0.3) is 5.91 Å². The predicted molar refractivity (Wildman–Crippen MR) is 101 cm³/mol. The van der Waals surface area contributed by atoms with Gasteiger partial charge in [0.15, 0.2) is 0 Å². The Bertz CT molecular complexity index is 831. The zero-order valence-corrected chi connectivity index (χ0v) is 14.9. The summed E-state index contributed by atoms with van der Waals surface area (Å²) < 4.78 is 0. The van der Waals surface area contributed by atoms with Crippen LogP contribution in [0, 0.1) is 32.1 Å². The average Bonchev–Trinajstić information content (AvgIpc) is 2.60. The van der Waals surface area contributed by atoms with Crippen molar-refractivity contribution in [1.82, 2.24) is 5.32 Å². The number of amides is 1. The summed E-state index contributed by atoms with van der Waals surface area (Å²) in [6.45, 7) is 6.66. The number of nitrogens with one attached hydrogen (secondary N) is 2. The SMILES string of the molecule is Cc1ccccc1CCN/C=C(/C#N)C(=O)Nc1cccc(C)c1C. The van der Waals surface area contributed by atoms with Gasteiger partial charge in [-0.25, -0.2) is 0 Å². The fraction of sp³-hybridized carbons (Fsp3) is 0.238. The molecular formula is C21H23N3O. The van der Waals surface area contributed by atoms with Crippen LogP contribution in [-0.4, -0.2) is 12.5 Å². The highest BCUT2D eigenvalue weighted by atomic mass is 16.1. The Morgan fingerprint density at radius 3 is 2.52 bits per heavy atom. The molecule has 0 saturated carbocycles. The van der Waals surface area contributed by atoms with Crippen molar-refractivity contribution in [2.24, 2.45) is 0 Å². The largest absolute Gasteiger partial charge is 0.389 e. The molecule has 0 fully saturated rings. The second kappa shape index (κ2) is 8.70. The first-order valence-electron chi connectivity index (χ1n) is 8.28. The molecule has 0 heterocycles. The maximum Gasteiger partial charge on any atom is 0.267 e. The number of hydrogen-bond acceptors (Lipinski definition) is 3. The molecule has 0 spiro atoms. The molecular weight excluding hydrogens is 310 g/mol. The number of carbonyl (C=O) groups excluding carboxylic acids is 1. The number of hydrogen-bond donors (Lipinski definition) is 2. The van der Waals surface area contributed by atoms with E-state index in [1.807, 2.05) is 50.2 Å². The molecule has 2 rings (SSSR count). The average molecular weight is 333 g/mol. The van der Waals surface area contributed by atoms with Gasteiger partial charge < -0.3 is 10.6 Å². The van der Waals surface area contributed by atoms with E-state index in [0.717, 1.165) is 23.2 Å². The van der Waals surface area contributed by atoms with E-state index in [1.165, 1.54) is 17.3 Å². The number of nitrogens with zero attached hydrogens (tertiary/aromatic N) is 1. The van der Waals surface area contributed by atoms with Crippen molar-refractivity contribution >= 4 is 11.6 Å². The molecule has 128 valence electrons.